The van der Waals surface area contributed by atoms with Gasteiger partial charge in [-0.1, -0.05) is 32.4 Å². The van der Waals surface area contributed by atoms with Crippen molar-refractivity contribution >= 4 is 41.8 Å². The molecule has 23 nitrogen and oxygen atoms in total. The first-order valence-electron chi connectivity index (χ1n) is 18.3. The van der Waals surface area contributed by atoms with Crippen molar-refractivity contribution in [2.45, 2.75) is 114 Å². The van der Waals surface area contributed by atoms with Crippen LogP contribution in [0.25, 0.3) is 0 Å². The second kappa shape index (κ2) is 32.9. The lowest BCUT2D eigenvalue weighted by atomic mass is 10.1. The van der Waals surface area contributed by atoms with Crippen LogP contribution in [0, 0.1) is 5.92 Å². The number of phenolic OH excluding ortho intramolecular Hbond substituents is 1. The van der Waals surface area contributed by atoms with Gasteiger partial charge in [0, 0.05) is 6.54 Å². The Hall–Kier alpha value is -5.17. The van der Waals surface area contributed by atoms with Crippen molar-refractivity contribution in [2.24, 2.45) is 56.8 Å². The molecule has 0 bridgehead atoms. The summed E-state index contributed by atoms with van der Waals surface area (Å²) in [6, 6.07) is 1.62. The molecule has 7 atom stereocenters. The van der Waals surface area contributed by atoms with Crippen LogP contribution in [0.3, 0.4) is 0 Å². The summed E-state index contributed by atoms with van der Waals surface area (Å²) in [5.41, 5.74) is 42.8. The van der Waals surface area contributed by atoms with Crippen LogP contribution in [0.15, 0.2) is 29.3 Å². The van der Waals surface area contributed by atoms with E-state index in [-0.39, 0.29) is 30.1 Å². The Bertz CT molecular complexity index is 1360. The standard InChI is InChI=1S/C10H21N3O4.C9H11NO3.C6H14N4O2.C5H9NO2.C5H11NO2/c1-6(8(13)9(14)15)17-10(16)7(12)4-2-3-5-11;10-8(9(12)13)5-6-1-3-7(11)4-2-6;7-4(5(11)12)2-1-3-10-6(8)9;7-5(8)4-2-1-3-6-4;1-3(2)4(6)5(7)8/h6-8H,2-5,11-13H2,1H3,(H,14,15);1-4,8,11H,5,10H2,(H,12,13);4H,1-3,7H2,(H,11,12)(H4,8,9,10);4,6H,1-3H2,(H,7,8);3-4H,6H2,1-2H3,(H,7,8)/t6-,7+,8+;8-;3*4-/m10000/s1. The van der Waals surface area contributed by atoms with Crippen molar-refractivity contribution in [3.05, 3.63) is 29.8 Å². The van der Waals surface area contributed by atoms with Gasteiger partial charge in [0.15, 0.2) is 5.96 Å². The number of aromatic hydroxyl groups is 1. The Morgan fingerprint density at radius 2 is 1.28 bits per heavy atom. The smallest absolute Gasteiger partial charge is 0.324 e. The van der Waals surface area contributed by atoms with Gasteiger partial charge in [0.05, 0.1) is 0 Å². The van der Waals surface area contributed by atoms with Crippen molar-refractivity contribution in [1.82, 2.24) is 5.32 Å². The number of nitrogens with zero attached hydrogens (tertiary/aromatic N) is 1. The van der Waals surface area contributed by atoms with Crippen LogP contribution >= 0.6 is 0 Å². The monoisotopic (exact) mass is 834 g/mol. The molecule has 1 aliphatic heterocycles. The maximum absolute atomic E-state index is 11.4. The molecule has 0 radical (unpaired) electrons. The molecule has 2 rings (SSSR count). The Morgan fingerprint density at radius 1 is 0.759 bits per heavy atom. The molecule has 0 unspecified atom stereocenters. The number of unbranched alkanes of at least 4 members (excludes halogenated alkanes) is 1. The van der Waals surface area contributed by atoms with Crippen LogP contribution in [0.4, 0.5) is 0 Å². The van der Waals surface area contributed by atoms with Gasteiger partial charge in [-0.2, -0.15) is 0 Å². The highest BCUT2D eigenvalue weighted by Crippen LogP contribution is 2.11. The fraction of sp³-hybridized carbons (Fsp3) is 0.629. The van der Waals surface area contributed by atoms with Crippen LogP contribution in [-0.2, 0) is 39.9 Å². The number of rotatable bonds is 19. The predicted octanol–water partition coefficient (Wildman–Crippen LogP) is -2.54. The zero-order valence-corrected chi connectivity index (χ0v) is 33.3. The SMILES string of the molecule is CC(C)[C@H](N)C(=O)O.C[C@@H](OC(=O)[C@@H](N)CCCCN)[C@H](N)C(=O)O.NC(N)=NCCC[C@H](N)C(=O)O.N[C@@H](Cc1ccc(O)cc1)C(=O)O.O=C(O)[C@@H]1CCCN1. The largest absolute Gasteiger partial charge is 0.508 e. The molecule has 1 heterocycles. The molecule has 0 amide bonds. The third-order valence-electron chi connectivity index (χ3n) is 7.72. The molecule has 0 saturated carbocycles. The number of aliphatic carboxylic acids is 5. The molecule has 1 aliphatic rings. The Balaban J connectivity index is -0.000000670. The van der Waals surface area contributed by atoms with Crippen LogP contribution in [0.1, 0.15) is 71.3 Å². The van der Waals surface area contributed by atoms with Gasteiger partial charge in [-0.3, -0.25) is 33.8 Å². The van der Waals surface area contributed by atoms with E-state index in [1.54, 1.807) is 26.0 Å². The van der Waals surface area contributed by atoms with E-state index in [1.807, 2.05) is 0 Å². The number of carboxylic acid groups (broad SMARTS) is 5. The summed E-state index contributed by atoms with van der Waals surface area (Å²) in [6.07, 6.45) is 4.09. The minimum absolute atomic E-state index is 0.0129. The van der Waals surface area contributed by atoms with Gasteiger partial charge in [-0.25, -0.2) is 0 Å². The average Bonchev–Trinajstić information content (AvgIpc) is 3.70. The first-order chi connectivity index (χ1) is 26.9. The summed E-state index contributed by atoms with van der Waals surface area (Å²) >= 11 is 0. The number of carboxylic acids is 5. The zero-order valence-electron chi connectivity index (χ0n) is 33.3. The van der Waals surface area contributed by atoms with E-state index in [0.29, 0.717) is 32.4 Å². The molecule has 23 N–H and O–H groups in total. The van der Waals surface area contributed by atoms with Gasteiger partial charge >= 0.3 is 35.8 Å². The van der Waals surface area contributed by atoms with Crippen molar-refractivity contribution in [3.8, 4) is 5.75 Å². The summed E-state index contributed by atoms with van der Waals surface area (Å²) in [5.74, 6) is -5.33. The van der Waals surface area contributed by atoms with Gasteiger partial charge in [0.25, 0.3) is 0 Å². The Kier molecular flexibility index (Phi) is 32.4. The van der Waals surface area contributed by atoms with E-state index < -0.39 is 72.1 Å². The van der Waals surface area contributed by atoms with Gasteiger partial charge in [-0.05, 0) is 88.6 Å². The molecule has 334 valence electrons. The number of benzene rings is 1. The minimum atomic E-state index is -1.24. The first-order valence-corrected chi connectivity index (χ1v) is 18.3. The number of nitrogens with two attached hydrogens (primary N) is 8. The van der Waals surface area contributed by atoms with E-state index in [2.05, 4.69) is 10.3 Å². The number of hydrogen-bond donors (Lipinski definition) is 15. The van der Waals surface area contributed by atoms with Crippen molar-refractivity contribution in [2.75, 3.05) is 19.6 Å². The average molecular weight is 835 g/mol. The number of nitrogens with one attached hydrogen (secondary N) is 1. The van der Waals surface area contributed by atoms with Gasteiger partial charge in [-0.15, -0.1) is 0 Å². The van der Waals surface area contributed by atoms with Crippen LogP contribution < -0.4 is 51.2 Å². The van der Waals surface area contributed by atoms with E-state index in [9.17, 15) is 28.8 Å². The molecule has 58 heavy (non-hydrogen) atoms. The summed E-state index contributed by atoms with van der Waals surface area (Å²) in [6.45, 7) is 6.79. The maximum atomic E-state index is 11.4. The lowest BCUT2D eigenvalue weighted by Crippen LogP contribution is -2.45. The van der Waals surface area contributed by atoms with Gasteiger partial charge < -0.3 is 86.6 Å². The van der Waals surface area contributed by atoms with E-state index in [1.165, 1.54) is 19.1 Å². The third-order valence-corrected chi connectivity index (χ3v) is 7.72. The molecule has 0 spiro atoms. The molecule has 1 fully saturated rings. The van der Waals surface area contributed by atoms with Gasteiger partial charge in [0.2, 0.25) is 0 Å². The van der Waals surface area contributed by atoms with Crippen molar-refractivity contribution in [3.63, 3.8) is 0 Å². The number of carbonyl (C=O) groups is 6. The van der Waals surface area contributed by atoms with Crippen LogP contribution in [-0.4, -0.2) is 134 Å². The summed E-state index contributed by atoms with van der Waals surface area (Å²) in [7, 11) is 0. The quantitative estimate of drug-likeness (QED) is 0.0295. The topological polar surface area (TPSA) is 466 Å². The van der Waals surface area contributed by atoms with Crippen molar-refractivity contribution in [1.29, 1.82) is 0 Å². The number of hydrogen-bond acceptors (Lipinski definition) is 16. The van der Waals surface area contributed by atoms with E-state index >= 15 is 0 Å². The number of aliphatic imine (C=N–C) groups is 1. The molecule has 1 aromatic carbocycles. The summed E-state index contributed by atoms with van der Waals surface area (Å²) in [4.78, 5) is 66.4. The highest BCUT2D eigenvalue weighted by atomic mass is 16.5. The van der Waals surface area contributed by atoms with E-state index in [4.69, 9.17) is 81.2 Å². The van der Waals surface area contributed by atoms with Crippen LogP contribution in [0.2, 0.25) is 0 Å². The van der Waals surface area contributed by atoms with Crippen molar-refractivity contribution < 1.29 is 64.1 Å². The Labute approximate surface area is 337 Å². The molecule has 23 heteroatoms. The first kappa shape index (κ1) is 57.2. The highest BCUT2D eigenvalue weighted by Gasteiger charge is 2.26. The summed E-state index contributed by atoms with van der Waals surface area (Å²) in [5, 5.41) is 53.9. The molecule has 1 aromatic rings. The second-order valence-corrected chi connectivity index (χ2v) is 13.2. The van der Waals surface area contributed by atoms with Crippen LogP contribution in [0.5, 0.6) is 5.75 Å². The number of ether oxygens (including phenoxy) is 1. The molecular formula is C35H66N10O13. The highest BCUT2D eigenvalue weighted by molar-refractivity contribution is 5.78. The molecular weight excluding hydrogens is 768 g/mol. The number of guanidine groups is 1. The second-order valence-electron chi connectivity index (χ2n) is 13.2. The normalized spacial score (nSPS) is 15.8. The predicted molar refractivity (Wildman–Crippen MR) is 214 cm³/mol. The maximum Gasteiger partial charge on any atom is 0.324 e. The number of phenols is 1. The van der Waals surface area contributed by atoms with E-state index in [0.717, 1.165) is 37.8 Å². The molecule has 0 aliphatic carbocycles. The molecule has 1 saturated heterocycles. The van der Waals surface area contributed by atoms with Gasteiger partial charge in [0.1, 0.15) is 48.1 Å². The lowest BCUT2D eigenvalue weighted by molar-refractivity contribution is -0.155. The lowest BCUT2D eigenvalue weighted by Gasteiger charge is -2.19. The number of carbonyl (C=O) groups excluding carboxylic acids is 1. The molecule has 0 aromatic heterocycles. The fourth-order valence-electron chi connectivity index (χ4n) is 3.97. The zero-order chi connectivity index (χ0) is 45.5. The third kappa shape index (κ3) is 31.0. The number of esters is 1. The fourth-order valence-corrected chi connectivity index (χ4v) is 3.97. The summed E-state index contributed by atoms with van der Waals surface area (Å²) < 4.78 is 4.86. The Morgan fingerprint density at radius 3 is 1.64 bits per heavy atom. The minimum Gasteiger partial charge on any atom is -0.508 e.